The Morgan fingerprint density at radius 2 is 2.00 bits per heavy atom. The molecule has 1 aromatic carbocycles. The highest BCUT2D eigenvalue weighted by Gasteiger charge is 2.31. The summed E-state index contributed by atoms with van der Waals surface area (Å²) in [4.78, 5) is 13.2. The molecular formula is C25H29F3N6. The van der Waals surface area contributed by atoms with Crippen LogP contribution < -0.4 is 15.1 Å². The zero-order valence-electron chi connectivity index (χ0n) is 19.4. The minimum atomic E-state index is -4.40. The first-order valence-corrected chi connectivity index (χ1v) is 11.3. The Bertz CT molecular complexity index is 1150. The standard InChI is InChI=1S/C25H29F3N6/c1-18-30-12-16-33(18)14-5-11-29-19(2)34-15-6-13-32(3)23-10-9-22(31-24(23)34)20-7-4-8-21(17-20)25(26,27)28/h4,7-10,12,16-17,29H,2,5-6,11,13-15H2,1,3H3. The summed E-state index contributed by atoms with van der Waals surface area (Å²) in [5.74, 6) is 2.40. The van der Waals surface area contributed by atoms with Crippen LogP contribution in [0.4, 0.5) is 24.7 Å². The van der Waals surface area contributed by atoms with E-state index in [4.69, 9.17) is 4.98 Å². The first-order chi connectivity index (χ1) is 16.2. The molecule has 6 nitrogen and oxygen atoms in total. The number of alkyl halides is 3. The molecule has 4 rings (SSSR count). The minimum Gasteiger partial charge on any atom is -0.372 e. The second kappa shape index (κ2) is 9.79. The predicted octanol–water partition coefficient (Wildman–Crippen LogP) is 5.07. The van der Waals surface area contributed by atoms with E-state index in [0.717, 1.165) is 61.9 Å². The van der Waals surface area contributed by atoms with E-state index in [1.807, 2.05) is 31.1 Å². The topological polar surface area (TPSA) is 49.2 Å². The summed E-state index contributed by atoms with van der Waals surface area (Å²) in [5.41, 5.74) is 1.16. The normalized spacial score (nSPS) is 14.0. The lowest BCUT2D eigenvalue weighted by molar-refractivity contribution is -0.137. The molecular weight excluding hydrogens is 441 g/mol. The fraction of sp³-hybridized carbons (Fsp3) is 0.360. The largest absolute Gasteiger partial charge is 0.416 e. The van der Waals surface area contributed by atoms with E-state index in [9.17, 15) is 13.2 Å². The number of halogens is 3. The average Bonchev–Trinajstić information content (AvgIpc) is 3.15. The lowest BCUT2D eigenvalue weighted by Crippen LogP contribution is -2.33. The molecule has 1 N–H and O–H groups in total. The number of aryl methyl sites for hydroxylation is 2. The molecule has 9 heteroatoms. The van der Waals surface area contributed by atoms with Crippen LogP contribution in [0, 0.1) is 6.92 Å². The van der Waals surface area contributed by atoms with Gasteiger partial charge in [-0.05, 0) is 44.0 Å². The Balaban J connectivity index is 1.54. The highest BCUT2D eigenvalue weighted by atomic mass is 19.4. The summed E-state index contributed by atoms with van der Waals surface area (Å²) in [5, 5.41) is 3.40. The van der Waals surface area contributed by atoms with Crippen LogP contribution in [0.2, 0.25) is 0 Å². The summed E-state index contributed by atoms with van der Waals surface area (Å²) in [6.07, 6.45) is 1.15. The van der Waals surface area contributed by atoms with Crippen LogP contribution >= 0.6 is 0 Å². The molecule has 34 heavy (non-hydrogen) atoms. The number of hydrogen-bond donors (Lipinski definition) is 1. The molecule has 0 unspecified atom stereocenters. The number of nitrogens with zero attached hydrogens (tertiary/aromatic N) is 5. The van der Waals surface area contributed by atoms with Crippen molar-refractivity contribution >= 4 is 11.5 Å². The third-order valence-corrected chi connectivity index (χ3v) is 6.04. The molecule has 0 saturated carbocycles. The summed E-state index contributed by atoms with van der Waals surface area (Å²) >= 11 is 0. The van der Waals surface area contributed by atoms with Gasteiger partial charge in [-0.3, -0.25) is 0 Å². The maximum atomic E-state index is 13.2. The molecule has 1 aliphatic rings. The summed E-state index contributed by atoms with van der Waals surface area (Å²) in [6, 6.07) is 8.98. The van der Waals surface area contributed by atoms with E-state index in [1.54, 1.807) is 18.3 Å². The van der Waals surface area contributed by atoms with Crippen LogP contribution in [-0.2, 0) is 12.7 Å². The maximum absolute atomic E-state index is 13.2. The fourth-order valence-corrected chi connectivity index (χ4v) is 4.13. The van der Waals surface area contributed by atoms with Crippen molar-refractivity contribution < 1.29 is 13.2 Å². The van der Waals surface area contributed by atoms with Gasteiger partial charge in [0.2, 0.25) is 0 Å². The van der Waals surface area contributed by atoms with Gasteiger partial charge in [-0.25, -0.2) is 9.97 Å². The van der Waals surface area contributed by atoms with E-state index in [-0.39, 0.29) is 0 Å². The molecule has 3 heterocycles. The molecule has 180 valence electrons. The van der Waals surface area contributed by atoms with Gasteiger partial charge in [0.05, 0.1) is 22.8 Å². The van der Waals surface area contributed by atoms with Crippen LogP contribution in [0.3, 0.4) is 0 Å². The van der Waals surface area contributed by atoms with Crippen LogP contribution in [0.25, 0.3) is 11.3 Å². The molecule has 3 aromatic rings. The van der Waals surface area contributed by atoms with Crippen LogP contribution in [0.15, 0.2) is 61.2 Å². The number of nitrogens with one attached hydrogen (secondary N) is 1. The third-order valence-electron chi connectivity index (χ3n) is 6.04. The van der Waals surface area contributed by atoms with E-state index < -0.39 is 11.7 Å². The molecule has 2 aromatic heterocycles. The van der Waals surface area contributed by atoms with Crippen molar-refractivity contribution in [3.63, 3.8) is 0 Å². The quantitative estimate of drug-likeness (QED) is 0.489. The van der Waals surface area contributed by atoms with Crippen molar-refractivity contribution in [3.8, 4) is 11.3 Å². The van der Waals surface area contributed by atoms with Crippen LogP contribution in [0.5, 0.6) is 0 Å². The van der Waals surface area contributed by atoms with Gasteiger partial charge < -0.3 is 19.7 Å². The van der Waals surface area contributed by atoms with Gasteiger partial charge in [-0.1, -0.05) is 18.7 Å². The summed E-state index contributed by atoms with van der Waals surface area (Å²) in [7, 11) is 2.00. The van der Waals surface area contributed by atoms with E-state index in [0.29, 0.717) is 23.6 Å². The predicted molar refractivity (Wildman–Crippen MR) is 129 cm³/mol. The number of pyridine rings is 1. The van der Waals surface area contributed by atoms with Gasteiger partial charge in [-0.2, -0.15) is 13.2 Å². The number of rotatable bonds is 7. The Morgan fingerprint density at radius 1 is 1.18 bits per heavy atom. The average molecular weight is 471 g/mol. The number of benzene rings is 1. The Hall–Kier alpha value is -3.49. The highest BCUT2D eigenvalue weighted by molar-refractivity contribution is 5.74. The van der Waals surface area contributed by atoms with E-state index >= 15 is 0 Å². The zero-order chi connectivity index (χ0) is 24.3. The molecule has 0 spiro atoms. The zero-order valence-corrected chi connectivity index (χ0v) is 19.4. The van der Waals surface area contributed by atoms with Gasteiger partial charge in [0, 0.05) is 51.2 Å². The Labute approximate surface area is 197 Å². The lowest BCUT2D eigenvalue weighted by Gasteiger charge is -2.27. The van der Waals surface area contributed by atoms with Crippen LogP contribution in [-0.4, -0.2) is 41.2 Å². The molecule has 0 fully saturated rings. The first kappa shape index (κ1) is 23.7. The molecule has 0 atom stereocenters. The molecule has 0 aliphatic carbocycles. The molecule has 1 aliphatic heterocycles. The molecule has 0 bridgehead atoms. The lowest BCUT2D eigenvalue weighted by atomic mass is 10.1. The monoisotopic (exact) mass is 470 g/mol. The Kier molecular flexibility index (Phi) is 6.81. The fourth-order valence-electron chi connectivity index (χ4n) is 4.13. The highest BCUT2D eigenvalue weighted by Crippen LogP contribution is 2.36. The number of aromatic nitrogens is 3. The van der Waals surface area contributed by atoms with Crippen molar-refractivity contribution in [2.75, 3.05) is 36.5 Å². The van der Waals surface area contributed by atoms with Gasteiger partial charge in [0.15, 0.2) is 5.82 Å². The SMILES string of the molecule is C=C(NCCCn1ccnc1C)N1CCCN(C)c2ccc(-c3cccc(C(F)(F)F)c3)nc21. The number of anilines is 2. The summed E-state index contributed by atoms with van der Waals surface area (Å²) in [6.45, 7) is 9.35. The Morgan fingerprint density at radius 3 is 2.74 bits per heavy atom. The first-order valence-electron chi connectivity index (χ1n) is 11.3. The molecule has 0 saturated heterocycles. The third kappa shape index (κ3) is 5.18. The van der Waals surface area contributed by atoms with Gasteiger partial charge in [-0.15, -0.1) is 0 Å². The maximum Gasteiger partial charge on any atom is 0.416 e. The van der Waals surface area contributed by atoms with E-state index in [2.05, 4.69) is 26.3 Å². The van der Waals surface area contributed by atoms with Crippen molar-refractivity contribution in [3.05, 3.63) is 72.6 Å². The number of imidazole rings is 1. The van der Waals surface area contributed by atoms with Crippen molar-refractivity contribution in [1.82, 2.24) is 19.9 Å². The van der Waals surface area contributed by atoms with Crippen molar-refractivity contribution in [1.29, 1.82) is 0 Å². The van der Waals surface area contributed by atoms with Gasteiger partial charge in [0.25, 0.3) is 0 Å². The number of hydrogen-bond acceptors (Lipinski definition) is 5. The van der Waals surface area contributed by atoms with Gasteiger partial charge in [0.1, 0.15) is 5.82 Å². The van der Waals surface area contributed by atoms with Gasteiger partial charge >= 0.3 is 6.18 Å². The van der Waals surface area contributed by atoms with E-state index in [1.165, 1.54) is 6.07 Å². The molecule has 0 amide bonds. The van der Waals surface area contributed by atoms with Crippen molar-refractivity contribution in [2.45, 2.75) is 32.5 Å². The van der Waals surface area contributed by atoms with Crippen LogP contribution in [0.1, 0.15) is 24.2 Å². The number of fused-ring (bicyclic) bond motifs is 1. The second-order valence-corrected chi connectivity index (χ2v) is 8.44. The van der Waals surface area contributed by atoms with Crippen molar-refractivity contribution in [2.24, 2.45) is 0 Å². The second-order valence-electron chi connectivity index (χ2n) is 8.44. The molecule has 0 radical (unpaired) electrons. The summed E-state index contributed by atoms with van der Waals surface area (Å²) < 4.78 is 41.8. The smallest absolute Gasteiger partial charge is 0.372 e. The minimum absolute atomic E-state index is 0.429.